The van der Waals surface area contributed by atoms with Crippen LogP contribution in [0.4, 0.5) is 0 Å². The molecule has 1 aliphatic heterocycles. The van der Waals surface area contributed by atoms with Crippen LogP contribution in [0.1, 0.15) is 42.9 Å². The van der Waals surface area contributed by atoms with Gasteiger partial charge in [0.1, 0.15) is 5.75 Å². The van der Waals surface area contributed by atoms with Gasteiger partial charge in [-0.05, 0) is 62.5 Å². The van der Waals surface area contributed by atoms with Crippen LogP contribution < -0.4 is 0 Å². The molecule has 98 valence electrons. The van der Waals surface area contributed by atoms with E-state index in [-0.39, 0.29) is 0 Å². The first-order valence-electron chi connectivity index (χ1n) is 6.89. The minimum Gasteiger partial charge on any atom is -0.508 e. The van der Waals surface area contributed by atoms with E-state index < -0.39 is 0 Å². The van der Waals surface area contributed by atoms with E-state index in [0.717, 1.165) is 12.1 Å². The predicted octanol–water partition coefficient (Wildman–Crippen LogP) is 3.72. The van der Waals surface area contributed by atoms with Crippen LogP contribution in [0, 0.1) is 6.92 Å². The maximum Gasteiger partial charge on any atom is 0.119 e. The highest BCUT2D eigenvalue weighted by Crippen LogP contribution is 2.26. The molecule has 1 saturated heterocycles. The molecule has 2 heteroatoms. The van der Waals surface area contributed by atoms with Crippen LogP contribution in [-0.4, -0.2) is 23.1 Å². The highest BCUT2D eigenvalue weighted by Gasteiger charge is 2.13. The molecule has 0 bridgehead atoms. The van der Waals surface area contributed by atoms with Crippen LogP contribution >= 0.6 is 0 Å². The molecular weight excluding hydrogens is 222 g/mol. The standard InChI is InChI=1S/C16H23NO/c1-3-7-15-13(2)16(18)9-8-14(15)12-17-10-5-4-6-11-17/h3,7-9,18H,4-6,10-12H2,1-2H3/b7-3-. The van der Waals surface area contributed by atoms with Crippen LogP contribution in [0.3, 0.4) is 0 Å². The zero-order chi connectivity index (χ0) is 13.0. The second-order valence-electron chi connectivity index (χ2n) is 5.12. The van der Waals surface area contributed by atoms with Gasteiger partial charge in [0, 0.05) is 6.54 Å². The zero-order valence-corrected chi connectivity index (χ0v) is 11.4. The molecule has 0 spiro atoms. The van der Waals surface area contributed by atoms with E-state index in [9.17, 15) is 5.11 Å². The smallest absolute Gasteiger partial charge is 0.119 e. The number of phenols is 1. The van der Waals surface area contributed by atoms with Gasteiger partial charge in [0.2, 0.25) is 0 Å². The Hall–Kier alpha value is -1.28. The Kier molecular flexibility index (Phi) is 4.43. The zero-order valence-electron chi connectivity index (χ0n) is 11.4. The van der Waals surface area contributed by atoms with Crippen molar-refractivity contribution in [1.29, 1.82) is 0 Å². The van der Waals surface area contributed by atoms with Crippen molar-refractivity contribution in [1.82, 2.24) is 4.90 Å². The van der Waals surface area contributed by atoms with Gasteiger partial charge < -0.3 is 5.11 Å². The van der Waals surface area contributed by atoms with Gasteiger partial charge in [0.05, 0.1) is 0 Å². The average molecular weight is 245 g/mol. The number of allylic oxidation sites excluding steroid dienone is 1. The monoisotopic (exact) mass is 245 g/mol. The summed E-state index contributed by atoms with van der Waals surface area (Å²) in [6.45, 7) is 7.42. The highest BCUT2D eigenvalue weighted by molar-refractivity contribution is 5.61. The van der Waals surface area contributed by atoms with Gasteiger partial charge in [0.15, 0.2) is 0 Å². The molecule has 0 aliphatic carbocycles. The molecule has 1 fully saturated rings. The van der Waals surface area contributed by atoms with E-state index in [1.165, 1.54) is 43.5 Å². The molecule has 2 nitrogen and oxygen atoms in total. The molecule has 1 aliphatic rings. The van der Waals surface area contributed by atoms with Gasteiger partial charge in [0.25, 0.3) is 0 Å². The van der Waals surface area contributed by atoms with E-state index in [1.807, 2.05) is 26.0 Å². The van der Waals surface area contributed by atoms with Crippen molar-refractivity contribution in [3.8, 4) is 5.75 Å². The number of hydrogen-bond donors (Lipinski definition) is 1. The van der Waals surface area contributed by atoms with Gasteiger partial charge in [-0.15, -0.1) is 0 Å². The second-order valence-corrected chi connectivity index (χ2v) is 5.12. The van der Waals surface area contributed by atoms with Gasteiger partial charge >= 0.3 is 0 Å². The molecule has 1 aromatic rings. The van der Waals surface area contributed by atoms with Crippen LogP contribution in [0.5, 0.6) is 5.75 Å². The third-order valence-corrected chi connectivity index (χ3v) is 3.75. The summed E-state index contributed by atoms with van der Waals surface area (Å²) in [7, 11) is 0. The minimum atomic E-state index is 0.394. The predicted molar refractivity (Wildman–Crippen MR) is 76.7 cm³/mol. The summed E-state index contributed by atoms with van der Waals surface area (Å²) < 4.78 is 0. The largest absolute Gasteiger partial charge is 0.508 e. The second kappa shape index (κ2) is 6.05. The molecule has 0 amide bonds. The normalized spacial score (nSPS) is 17.4. The van der Waals surface area contributed by atoms with Gasteiger partial charge in [-0.25, -0.2) is 0 Å². The van der Waals surface area contributed by atoms with Crippen molar-refractivity contribution in [3.63, 3.8) is 0 Å². The summed E-state index contributed by atoms with van der Waals surface area (Å²) in [5.41, 5.74) is 3.50. The Morgan fingerprint density at radius 1 is 1.22 bits per heavy atom. The lowest BCUT2D eigenvalue weighted by atomic mass is 9.99. The van der Waals surface area contributed by atoms with Crippen LogP contribution in [0.2, 0.25) is 0 Å². The molecule has 1 heterocycles. The Morgan fingerprint density at radius 2 is 1.94 bits per heavy atom. The number of benzene rings is 1. The summed E-state index contributed by atoms with van der Waals surface area (Å²) in [6.07, 6.45) is 8.15. The Balaban J connectivity index is 2.23. The lowest BCUT2D eigenvalue weighted by Crippen LogP contribution is -2.29. The van der Waals surface area contributed by atoms with Crippen molar-refractivity contribution in [2.24, 2.45) is 0 Å². The number of phenolic OH excluding ortho intramolecular Hbond substituents is 1. The lowest BCUT2D eigenvalue weighted by Gasteiger charge is -2.27. The first-order valence-corrected chi connectivity index (χ1v) is 6.89. The van der Waals surface area contributed by atoms with Crippen molar-refractivity contribution in [2.75, 3.05) is 13.1 Å². The molecule has 0 aromatic heterocycles. The first kappa shape index (κ1) is 13.2. The number of hydrogen-bond acceptors (Lipinski definition) is 2. The third-order valence-electron chi connectivity index (χ3n) is 3.75. The minimum absolute atomic E-state index is 0.394. The van der Waals surface area contributed by atoms with Crippen LogP contribution in [-0.2, 0) is 6.54 Å². The molecule has 1 aromatic carbocycles. The summed E-state index contributed by atoms with van der Waals surface area (Å²) in [6, 6.07) is 3.88. The molecule has 0 radical (unpaired) electrons. The average Bonchev–Trinajstić information content (AvgIpc) is 2.39. The summed E-state index contributed by atoms with van der Waals surface area (Å²) >= 11 is 0. The molecule has 2 rings (SSSR count). The van der Waals surface area contributed by atoms with E-state index in [2.05, 4.69) is 17.0 Å². The van der Waals surface area contributed by atoms with Gasteiger partial charge in [-0.3, -0.25) is 4.90 Å². The van der Waals surface area contributed by atoms with Crippen molar-refractivity contribution in [3.05, 3.63) is 34.9 Å². The van der Waals surface area contributed by atoms with E-state index in [4.69, 9.17) is 0 Å². The Bertz CT molecular complexity index is 431. The SMILES string of the molecule is C/C=C\c1c(CN2CCCCC2)ccc(O)c1C. The number of piperidine rings is 1. The maximum absolute atomic E-state index is 9.81. The fourth-order valence-corrected chi connectivity index (χ4v) is 2.67. The van der Waals surface area contributed by atoms with Crippen molar-refractivity contribution < 1.29 is 5.11 Å². The Labute approximate surface area is 110 Å². The summed E-state index contributed by atoms with van der Waals surface area (Å²) in [5.74, 6) is 0.394. The van der Waals surface area contributed by atoms with Crippen LogP contribution in [0.15, 0.2) is 18.2 Å². The van der Waals surface area contributed by atoms with E-state index >= 15 is 0 Å². The lowest BCUT2D eigenvalue weighted by molar-refractivity contribution is 0.220. The topological polar surface area (TPSA) is 23.5 Å². The van der Waals surface area contributed by atoms with E-state index in [0.29, 0.717) is 5.75 Å². The third kappa shape index (κ3) is 2.94. The number of nitrogens with zero attached hydrogens (tertiary/aromatic N) is 1. The maximum atomic E-state index is 9.81. The van der Waals surface area contributed by atoms with Crippen LogP contribution in [0.25, 0.3) is 6.08 Å². The quantitative estimate of drug-likeness (QED) is 0.877. The molecule has 1 N–H and O–H groups in total. The van der Waals surface area contributed by atoms with E-state index in [1.54, 1.807) is 0 Å². The number of rotatable bonds is 3. The van der Waals surface area contributed by atoms with Gasteiger partial charge in [-0.2, -0.15) is 0 Å². The fourth-order valence-electron chi connectivity index (χ4n) is 2.67. The molecule has 18 heavy (non-hydrogen) atoms. The first-order chi connectivity index (χ1) is 8.72. The highest BCUT2D eigenvalue weighted by atomic mass is 16.3. The molecule has 0 unspecified atom stereocenters. The summed E-state index contributed by atoms with van der Waals surface area (Å²) in [5, 5.41) is 9.81. The molecular formula is C16H23NO. The number of likely N-dealkylation sites (tertiary alicyclic amines) is 1. The Morgan fingerprint density at radius 3 is 2.61 bits per heavy atom. The van der Waals surface area contributed by atoms with Gasteiger partial charge in [-0.1, -0.05) is 24.6 Å². The van der Waals surface area contributed by atoms with Crippen molar-refractivity contribution in [2.45, 2.75) is 39.7 Å². The molecule has 0 saturated carbocycles. The molecule has 0 atom stereocenters. The number of aromatic hydroxyl groups is 1. The fraction of sp³-hybridized carbons (Fsp3) is 0.500. The van der Waals surface area contributed by atoms with Crippen molar-refractivity contribution >= 4 is 6.08 Å². The summed E-state index contributed by atoms with van der Waals surface area (Å²) in [4.78, 5) is 2.52.